The third kappa shape index (κ3) is 1.41. The van der Waals surface area contributed by atoms with Gasteiger partial charge in [0.2, 0.25) is 0 Å². The first-order valence-corrected chi connectivity index (χ1v) is 3.18. The van der Waals surface area contributed by atoms with Crippen molar-refractivity contribution >= 4 is 0 Å². The highest BCUT2D eigenvalue weighted by Gasteiger charge is 2.22. The van der Waals surface area contributed by atoms with Gasteiger partial charge in [-0.2, -0.15) is 5.26 Å². The number of nitrogens with zero attached hydrogens (tertiary/aromatic N) is 1. The van der Waals surface area contributed by atoms with Gasteiger partial charge in [0.15, 0.2) is 0 Å². The van der Waals surface area contributed by atoms with E-state index in [9.17, 15) is 0 Å². The van der Waals surface area contributed by atoms with Crippen molar-refractivity contribution in [3.63, 3.8) is 0 Å². The van der Waals surface area contributed by atoms with Crippen LogP contribution < -0.4 is 11.1 Å². The standard InChI is InChI=1S/C6H11N3/c7-2-1-5-3-9-4-6(5)8/h5-6,9H,1,3-4,8H2/t5-,6+/m0/s1. The molecule has 0 aromatic heterocycles. The Kier molecular flexibility index (Phi) is 2.04. The Morgan fingerprint density at radius 2 is 2.44 bits per heavy atom. The monoisotopic (exact) mass is 125 g/mol. The minimum Gasteiger partial charge on any atom is -0.326 e. The third-order valence-corrected chi connectivity index (χ3v) is 1.75. The van der Waals surface area contributed by atoms with Crippen molar-refractivity contribution < 1.29 is 0 Å². The lowest BCUT2D eigenvalue weighted by Crippen LogP contribution is -2.28. The van der Waals surface area contributed by atoms with Gasteiger partial charge in [-0.15, -0.1) is 0 Å². The Morgan fingerprint density at radius 3 is 2.89 bits per heavy atom. The van der Waals surface area contributed by atoms with Crippen LogP contribution in [0.25, 0.3) is 0 Å². The van der Waals surface area contributed by atoms with E-state index in [-0.39, 0.29) is 6.04 Å². The van der Waals surface area contributed by atoms with Crippen molar-refractivity contribution in [2.45, 2.75) is 12.5 Å². The van der Waals surface area contributed by atoms with Gasteiger partial charge >= 0.3 is 0 Å². The predicted octanol–water partition coefficient (Wildman–Crippen LogP) is -0.553. The summed E-state index contributed by atoms with van der Waals surface area (Å²) in [5.74, 6) is 0.384. The second-order valence-electron chi connectivity index (χ2n) is 2.44. The first kappa shape index (κ1) is 6.53. The van der Waals surface area contributed by atoms with E-state index in [4.69, 9.17) is 11.0 Å². The molecule has 3 N–H and O–H groups in total. The molecule has 1 fully saturated rings. The van der Waals surface area contributed by atoms with Gasteiger partial charge in [-0.1, -0.05) is 0 Å². The molecule has 0 aromatic carbocycles. The number of hydrogen-bond donors (Lipinski definition) is 2. The number of nitriles is 1. The van der Waals surface area contributed by atoms with Crippen LogP contribution >= 0.6 is 0 Å². The van der Waals surface area contributed by atoms with Gasteiger partial charge < -0.3 is 11.1 Å². The number of nitrogens with one attached hydrogen (secondary N) is 1. The summed E-state index contributed by atoms with van der Waals surface area (Å²) in [5.41, 5.74) is 5.65. The van der Waals surface area contributed by atoms with E-state index in [2.05, 4.69) is 11.4 Å². The van der Waals surface area contributed by atoms with Crippen LogP contribution in [0.4, 0.5) is 0 Å². The molecule has 2 atom stereocenters. The first-order valence-electron chi connectivity index (χ1n) is 3.18. The Bertz CT molecular complexity index is 127. The van der Waals surface area contributed by atoms with Crippen molar-refractivity contribution in [2.75, 3.05) is 13.1 Å². The lowest BCUT2D eigenvalue weighted by Gasteiger charge is -2.07. The zero-order valence-electron chi connectivity index (χ0n) is 5.30. The molecule has 1 aliphatic rings. The lowest BCUT2D eigenvalue weighted by molar-refractivity contribution is 0.526. The van der Waals surface area contributed by atoms with Crippen LogP contribution in [0.3, 0.4) is 0 Å². The van der Waals surface area contributed by atoms with Crippen molar-refractivity contribution in [2.24, 2.45) is 11.7 Å². The Labute approximate surface area is 54.8 Å². The smallest absolute Gasteiger partial charge is 0.0625 e. The van der Waals surface area contributed by atoms with E-state index >= 15 is 0 Å². The quantitative estimate of drug-likeness (QED) is 0.494. The van der Waals surface area contributed by atoms with Gasteiger partial charge in [0.25, 0.3) is 0 Å². The second-order valence-corrected chi connectivity index (χ2v) is 2.44. The molecule has 9 heavy (non-hydrogen) atoms. The van der Waals surface area contributed by atoms with E-state index in [0.717, 1.165) is 13.1 Å². The highest BCUT2D eigenvalue weighted by Crippen LogP contribution is 2.09. The average Bonchev–Trinajstić information content (AvgIpc) is 2.18. The van der Waals surface area contributed by atoms with Crippen LogP contribution in [-0.2, 0) is 0 Å². The predicted molar refractivity (Wildman–Crippen MR) is 34.6 cm³/mol. The molecule has 0 amide bonds. The Balaban J connectivity index is 2.33. The molecule has 0 bridgehead atoms. The van der Waals surface area contributed by atoms with Crippen molar-refractivity contribution in [1.82, 2.24) is 5.32 Å². The van der Waals surface area contributed by atoms with Crippen LogP contribution in [0.2, 0.25) is 0 Å². The van der Waals surface area contributed by atoms with Gasteiger partial charge in [-0.25, -0.2) is 0 Å². The molecule has 1 aliphatic heterocycles. The molecule has 0 unspecified atom stereocenters. The molecule has 0 aliphatic carbocycles. The maximum atomic E-state index is 8.31. The van der Waals surface area contributed by atoms with Crippen molar-refractivity contribution in [3.05, 3.63) is 0 Å². The molecular weight excluding hydrogens is 114 g/mol. The second kappa shape index (κ2) is 2.81. The fourth-order valence-electron chi connectivity index (χ4n) is 1.09. The molecular formula is C6H11N3. The van der Waals surface area contributed by atoms with E-state index in [1.54, 1.807) is 0 Å². The molecule has 0 aromatic rings. The van der Waals surface area contributed by atoms with Gasteiger partial charge in [0, 0.05) is 31.5 Å². The number of nitrogens with two attached hydrogens (primary N) is 1. The van der Waals surface area contributed by atoms with E-state index < -0.39 is 0 Å². The normalized spacial score (nSPS) is 34.2. The van der Waals surface area contributed by atoms with Gasteiger partial charge in [0.05, 0.1) is 6.07 Å². The molecule has 50 valence electrons. The molecule has 3 nitrogen and oxygen atoms in total. The minimum absolute atomic E-state index is 0.199. The SMILES string of the molecule is N#CC[C@H]1CNC[C@H]1N. The van der Waals surface area contributed by atoms with E-state index in [0.29, 0.717) is 12.3 Å². The molecule has 1 rings (SSSR count). The summed E-state index contributed by atoms with van der Waals surface area (Å²) in [7, 11) is 0. The minimum atomic E-state index is 0.199. The maximum absolute atomic E-state index is 8.31. The van der Waals surface area contributed by atoms with Gasteiger partial charge in [-0.05, 0) is 0 Å². The van der Waals surface area contributed by atoms with Gasteiger partial charge in [0.1, 0.15) is 0 Å². The summed E-state index contributed by atoms with van der Waals surface area (Å²) in [5, 5.41) is 11.4. The summed E-state index contributed by atoms with van der Waals surface area (Å²) in [6, 6.07) is 2.32. The summed E-state index contributed by atoms with van der Waals surface area (Å²) in [6.45, 7) is 1.78. The molecule has 0 saturated carbocycles. The zero-order chi connectivity index (χ0) is 6.69. The number of rotatable bonds is 1. The van der Waals surface area contributed by atoms with E-state index in [1.165, 1.54) is 0 Å². The molecule has 3 heteroatoms. The van der Waals surface area contributed by atoms with Crippen LogP contribution in [-0.4, -0.2) is 19.1 Å². The average molecular weight is 125 g/mol. The highest BCUT2D eigenvalue weighted by molar-refractivity contribution is 4.89. The molecule has 1 heterocycles. The van der Waals surface area contributed by atoms with E-state index in [1.807, 2.05) is 0 Å². The van der Waals surface area contributed by atoms with Crippen LogP contribution in [0.5, 0.6) is 0 Å². The largest absolute Gasteiger partial charge is 0.326 e. The summed E-state index contributed by atoms with van der Waals surface area (Å²) in [4.78, 5) is 0. The third-order valence-electron chi connectivity index (χ3n) is 1.75. The fraction of sp³-hybridized carbons (Fsp3) is 0.833. The van der Waals surface area contributed by atoms with Gasteiger partial charge in [-0.3, -0.25) is 0 Å². The molecule has 1 saturated heterocycles. The van der Waals surface area contributed by atoms with Crippen molar-refractivity contribution in [3.8, 4) is 6.07 Å². The molecule has 0 spiro atoms. The van der Waals surface area contributed by atoms with Crippen LogP contribution in [0, 0.1) is 17.2 Å². The van der Waals surface area contributed by atoms with Crippen LogP contribution in [0.1, 0.15) is 6.42 Å². The highest BCUT2D eigenvalue weighted by atomic mass is 15.0. The topological polar surface area (TPSA) is 61.8 Å². The Hall–Kier alpha value is -0.590. The first-order chi connectivity index (χ1) is 4.34. The Morgan fingerprint density at radius 1 is 1.67 bits per heavy atom. The summed E-state index contributed by atoms with van der Waals surface area (Å²) >= 11 is 0. The lowest BCUT2D eigenvalue weighted by atomic mass is 10.0. The van der Waals surface area contributed by atoms with Crippen molar-refractivity contribution in [1.29, 1.82) is 5.26 Å². The van der Waals surface area contributed by atoms with Crippen LogP contribution in [0.15, 0.2) is 0 Å². The maximum Gasteiger partial charge on any atom is 0.0625 e. The summed E-state index contributed by atoms with van der Waals surface area (Å²) in [6.07, 6.45) is 0.591. The zero-order valence-corrected chi connectivity index (χ0v) is 5.30. The number of hydrogen-bond acceptors (Lipinski definition) is 3. The summed E-state index contributed by atoms with van der Waals surface area (Å²) < 4.78 is 0. The fourth-order valence-corrected chi connectivity index (χ4v) is 1.09. The molecule has 0 radical (unpaired) electrons.